The van der Waals surface area contributed by atoms with Gasteiger partial charge in [-0.3, -0.25) is 4.90 Å². The van der Waals surface area contributed by atoms with E-state index in [1.165, 1.54) is 5.56 Å². The lowest BCUT2D eigenvalue weighted by molar-refractivity contribution is 0.234. The molecule has 0 aliphatic carbocycles. The maximum atomic E-state index is 12.9. The number of hydrogen-bond acceptors (Lipinski definition) is 2. The second-order valence-corrected chi connectivity index (χ2v) is 6.84. The minimum Gasteiger partial charge on any atom is -0.497 e. The monoisotopic (exact) mass is 324 g/mol. The Hall–Kier alpha value is -2.49. The van der Waals surface area contributed by atoms with Gasteiger partial charge in [0, 0.05) is 11.7 Å². The minimum atomic E-state index is -0.472. The lowest BCUT2D eigenvalue weighted by Crippen LogP contribution is -2.50. The fourth-order valence-electron chi connectivity index (χ4n) is 3.28. The van der Waals surface area contributed by atoms with E-state index >= 15 is 0 Å². The van der Waals surface area contributed by atoms with Gasteiger partial charge in [-0.2, -0.15) is 0 Å². The summed E-state index contributed by atoms with van der Waals surface area (Å²) in [5, 5.41) is 3.17. The van der Waals surface area contributed by atoms with Crippen LogP contribution in [-0.4, -0.2) is 19.2 Å². The molecule has 4 heteroatoms. The molecule has 0 bridgehead atoms. The predicted octanol–water partition coefficient (Wildman–Crippen LogP) is 4.09. The highest BCUT2D eigenvalue weighted by atomic mass is 16.5. The zero-order chi connectivity index (χ0) is 17.3. The van der Waals surface area contributed by atoms with E-state index in [-0.39, 0.29) is 12.1 Å². The second kappa shape index (κ2) is 6.19. The van der Waals surface area contributed by atoms with Crippen LogP contribution in [0.4, 0.5) is 10.5 Å². The first kappa shape index (κ1) is 16.4. The van der Waals surface area contributed by atoms with E-state index in [0.29, 0.717) is 0 Å². The molecule has 1 aliphatic rings. The summed E-state index contributed by atoms with van der Waals surface area (Å²) in [5.74, 6) is 0.808. The summed E-state index contributed by atoms with van der Waals surface area (Å²) in [6.07, 6.45) is 0.895. The molecule has 24 heavy (non-hydrogen) atoms. The van der Waals surface area contributed by atoms with Crippen LogP contribution in [0.2, 0.25) is 0 Å². The number of carbonyl (C=O) groups is 1. The fourth-order valence-corrected chi connectivity index (χ4v) is 3.28. The molecule has 1 aliphatic heterocycles. The van der Waals surface area contributed by atoms with Gasteiger partial charge >= 0.3 is 6.03 Å². The molecule has 2 aromatic rings. The molecule has 1 N–H and O–H groups in total. The number of hydrogen-bond donors (Lipinski definition) is 1. The zero-order valence-corrected chi connectivity index (χ0v) is 14.7. The Kier molecular flexibility index (Phi) is 4.22. The second-order valence-electron chi connectivity index (χ2n) is 6.84. The Balaban J connectivity index is 1.80. The van der Waals surface area contributed by atoms with E-state index in [1.54, 1.807) is 7.11 Å². The number of fused-ring (bicyclic) bond motifs is 1. The molecular formula is C20H24N2O2. The highest BCUT2D eigenvalue weighted by molar-refractivity contribution is 5.95. The largest absolute Gasteiger partial charge is 0.497 e. The number of amides is 2. The van der Waals surface area contributed by atoms with E-state index in [1.807, 2.05) is 61.2 Å². The number of methoxy groups -OCH3 is 1. The molecule has 3 rings (SSSR count). The summed E-state index contributed by atoms with van der Waals surface area (Å²) in [6, 6.07) is 16.0. The molecule has 1 atom stereocenters. The van der Waals surface area contributed by atoms with Crippen LogP contribution in [0.3, 0.4) is 0 Å². The third kappa shape index (κ3) is 2.96. The number of nitrogens with one attached hydrogen (secondary N) is 1. The molecular weight excluding hydrogens is 300 g/mol. The van der Waals surface area contributed by atoms with Crippen molar-refractivity contribution in [1.29, 1.82) is 0 Å². The van der Waals surface area contributed by atoms with Gasteiger partial charge < -0.3 is 10.1 Å². The van der Waals surface area contributed by atoms with E-state index < -0.39 is 5.54 Å². The first-order valence-electron chi connectivity index (χ1n) is 8.26. The Labute approximate surface area is 143 Å². The Morgan fingerprint density at radius 3 is 2.50 bits per heavy atom. The van der Waals surface area contributed by atoms with Crippen molar-refractivity contribution in [3.05, 3.63) is 59.7 Å². The number of para-hydroxylation sites is 1. The van der Waals surface area contributed by atoms with Gasteiger partial charge in [-0.1, -0.05) is 30.3 Å². The summed E-state index contributed by atoms with van der Waals surface area (Å²) in [7, 11) is 1.65. The molecule has 0 radical (unpaired) electrons. The van der Waals surface area contributed by atoms with Gasteiger partial charge in [-0.25, -0.2) is 4.79 Å². The van der Waals surface area contributed by atoms with Gasteiger partial charge in [-0.05, 0) is 56.5 Å². The van der Waals surface area contributed by atoms with Gasteiger partial charge in [0.25, 0.3) is 0 Å². The van der Waals surface area contributed by atoms with Gasteiger partial charge in [0.15, 0.2) is 0 Å². The third-order valence-electron chi connectivity index (χ3n) is 4.66. The van der Waals surface area contributed by atoms with Crippen molar-refractivity contribution in [2.24, 2.45) is 0 Å². The molecule has 0 saturated heterocycles. The normalized spacial score (nSPS) is 16.7. The van der Waals surface area contributed by atoms with E-state index in [0.717, 1.165) is 23.4 Å². The van der Waals surface area contributed by atoms with Gasteiger partial charge in [0.05, 0.1) is 12.6 Å². The Morgan fingerprint density at radius 1 is 1.17 bits per heavy atom. The Morgan fingerprint density at radius 2 is 1.83 bits per heavy atom. The summed E-state index contributed by atoms with van der Waals surface area (Å²) >= 11 is 0. The molecule has 0 aromatic heterocycles. The molecule has 0 saturated carbocycles. The summed E-state index contributed by atoms with van der Waals surface area (Å²) in [4.78, 5) is 14.8. The van der Waals surface area contributed by atoms with Crippen molar-refractivity contribution in [3.8, 4) is 5.75 Å². The van der Waals surface area contributed by atoms with Crippen LogP contribution in [0.15, 0.2) is 48.5 Å². The van der Waals surface area contributed by atoms with Crippen molar-refractivity contribution in [2.75, 3.05) is 12.0 Å². The maximum absolute atomic E-state index is 12.9. The van der Waals surface area contributed by atoms with Crippen LogP contribution in [0, 0.1) is 0 Å². The standard InChI is InChI=1S/C20H24N2O2/c1-14-13-15-7-5-6-8-18(15)22(14)19(23)21-20(2,3)16-9-11-17(24-4)12-10-16/h5-12,14H,13H2,1-4H3,(H,21,23). The smallest absolute Gasteiger partial charge is 0.322 e. The van der Waals surface area contributed by atoms with Crippen LogP contribution >= 0.6 is 0 Å². The molecule has 2 amide bonds. The summed E-state index contributed by atoms with van der Waals surface area (Å²) < 4.78 is 5.20. The van der Waals surface area contributed by atoms with Crippen molar-refractivity contribution in [2.45, 2.75) is 38.8 Å². The van der Waals surface area contributed by atoms with Crippen LogP contribution in [0.5, 0.6) is 5.75 Å². The highest BCUT2D eigenvalue weighted by Crippen LogP contribution is 2.32. The summed E-state index contributed by atoms with van der Waals surface area (Å²) in [6.45, 7) is 6.11. The molecule has 2 aromatic carbocycles. The van der Waals surface area contributed by atoms with Crippen LogP contribution in [0.25, 0.3) is 0 Å². The number of carbonyl (C=O) groups excluding carboxylic acids is 1. The Bertz CT molecular complexity index is 738. The minimum absolute atomic E-state index is 0.0618. The maximum Gasteiger partial charge on any atom is 0.322 e. The number of urea groups is 1. The van der Waals surface area contributed by atoms with E-state index in [9.17, 15) is 4.79 Å². The van der Waals surface area contributed by atoms with Crippen molar-refractivity contribution in [3.63, 3.8) is 0 Å². The molecule has 4 nitrogen and oxygen atoms in total. The number of rotatable bonds is 3. The lowest BCUT2D eigenvalue weighted by Gasteiger charge is -2.32. The molecule has 1 unspecified atom stereocenters. The quantitative estimate of drug-likeness (QED) is 0.924. The average Bonchev–Trinajstić information content (AvgIpc) is 2.90. The topological polar surface area (TPSA) is 41.6 Å². The number of ether oxygens (including phenoxy) is 1. The van der Waals surface area contributed by atoms with Crippen molar-refractivity contribution < 1.29 is 9.53 Å². The summed E-state index contributed by atoms with van der Waals surface area (Å²) in [5.41, 5.74) is 2.80. The predicted molar refractivity (Wildman–Crippen MR) is 96.6 cm³/mol. The van der Waals surface area contributed by atoms with Gasteiger partial charge in [0.2, 0.25) is 0 Å². The van der Waals surface area contributed by atoms with Crippen LogP contribution in [-0.2, 0) is 12.0 Å². The first-order valence-corrected chi connectivity index (χ1v) is 8.26. The average molecular weight is 324 g/mol. The fraction of sp³-hybridized carbons (Fsp3) is 0.350. The third-order valence-corrected chi connectivity index (χ3v) is 4.66. The van der Waals surface area contributed by atoms with Crippen molar-refractivity contribution >= 4 is 11.7 Å². The lowest BCUT2D eigenvalue weighted by atomic mass is 9.94. The molecule has 1 heterocycles. The van der Waals surface area contributed by atoms with Crippen LogP contribution < -0.4 is 15.0 Å². The number of nitrogens with zero attached hydrogens (tertiary/aromatic N) is 1. The van der Waals surface area contributed by atoms with E-state index in [2.05, 4.69) is 18.3 Å². The number of benzene rings is 2. The van der Waals surface area contributed by atoms with Crippen LogP contribution in [0.1, 0.15) is 31.9 Å². The van der Waals surface area contributed by atoms with Crippen molar-refractivity contribution in [1.82, 2.24) is 5.32 Å². The zero-order valence-electron chi connectivity index (χ0n) is 14.7. The molecule has 126 valence electrons. The molecule has 0 fully saturated rings. The van der Waals surface area contributed by atoms with E-state index in [4.69, 9.17) is 4.74 Å². The first-order chi connectivity index (χ1) is 11.4. The number of anilines is 1. The van der Waals surface area contributed by atoms with Gasteiger partial charge in [-0.15, -0.1) is 0 Å². The highest BCUT2D eigenvalue weighted by Gasteiger charge is 2.33. The SMILES string of the molecule is COc1ccc(C(C)(C)NC(=O)N2c3ccccc3CC2C)cc1. The molecule has 0 spiro atoms. The van der Waals surface area contributed by atoms with Gasteiger partial charge in [0.1, 0.15) is 5.75 Å².